The van der Waals surface area contributed by atoms with Gasteiger partial charge >= 0.3 is 0 Å². The van der Waals surface area contributed by atoms with Crippen LogP contribution in [0.2, 0.25) is 0 Å². The van der Waals surface area contributed by atoms with Crippen molar-refractivity contribution in [3.05, 3.63) is 11.6 Å². The monoisotopic (exact) mass is 187 g/mol. The van der Waals surface area contributed by atoms with Crippen LogP contribution in [-0.4, -0.2) is 19.0 Å². The third kappa shape index (κ3) is 3.16. The van der Waals surface area contributed by atoms with E-state index in [1.807, 2.05) is 0 Å². The highest BCUT2D eigenvalue weighted by molar-refractivity contribution is 6.18. The fourth-order valence-corrected chi connectivity index (χ4v) is 1.51. The van der Waals surface area contributed by atoms with Crippen molar-refractivity contribution >= 4 is 11.6 Å². The molecule has 1 saturated carbocycles. The Morgan fingerprint density at radius 2 is 2.17 bits per heavy atom. The van der Waals surface area contributed by atoms with Crippen LogP contribution in [0.3, 0.4) is 0 Å². The van der Waals surface area contributed by atoms with E-state index >= 15 is 0 Å². The maximum Gasteiger partial charge on any atom is 0.0292 e. The summed E-state index contributed by atoms with van der Waals surface area (Å²) >= 11 is 5.84. The predicted molar refractivity (Wildman–Crippen MR) is 54.7 cm³/mol. The molecule has 1 nitrogen and oxygen atoms in total. The van der Waals surface area contributed by atoms with Gasteiger partial charge in [0.05, 0.1) is 0 Å². The molecule has 1 aliphatic carbocycles. The van der Waals surface area contributed by atoms with E-state index in [9.17, 15) is 0 Å². The molecule has 0 aromatic rings. The molecular weight excluding hydrogens is 170 g/mol. The first-order valence-electron chi connectivity index (χ1n) is 4.59. The second-order valence-electron chi connectivity index (χ2n) is 4.05. The summed E-state index contributed by atoms with van der Waals surface area (Å²) in [5.41, 5.74) is 1.83. The molecule has 0 radical (unpaired) electrons. The lowest BCUT2D eigenvalue weighted by Gasteiger charge is -2.10. The molecule has 0 atom stereocenters. The highest BCUT2D eigenvalue weighted by atomic mass is 35.5. The van der Waals surface area contributed by atoms with Crippen LogP contribution in [0.1, 0.15) is 26.7 Å². The van der Waals surface area contributed by atoms with Crippen molar-refractivity contribution in [1.82, 2.24) is 5.32 Å². The van der Waals surface area contributed by atoms with Gasteiger partial charge in [0.25, 0.3) is 0 Å². The first kappa shape index (κ1) is 10.1. The summed E-state index contributed by atoms with van der Waals surface area (Å²) in [5, 5.41) is 3.41. The van der Waals surface area contributed by atoms with E-state index < -0.39 is 0 Å². The smallest absolute Gasteiger partial charge is 0.0292 e. The van der Waals surface area contributed by atoms with E-state index in [4.69, 9.17) is 11.6 Å². The fraction of sp³-hybridized carbons (Fsp3) is 0.800. The molecule has 0 spiro atoms. The zero-order valence-corrected chi connectivity index (χ0v) is 8.75. The number of alkyl halides is 1. The lowest BCUT2D eigenvalue weighted by atomic mass is 10.1. The van der Waals surface area contributed by atoms with Gasteiger partial charge in [0, 0.05) is 19.0 Å². The standard InChI is InChI=1S/C10H18ClN/c1-9(2)3-6-12-8-10(7-11)4-5-10/h3,12H,4-8H2,1-2H3. The fourth-order valence-electron chi connectivity index (χ4n) is 1.15. The van der Waals surface area contributed by atoms with Crippen molar-refractivity contribution < 1.29 is 0 Å². The molecule has 0 aromatic heterocycles. The van der Waals surface area contributed by atoms with Crippen LogP contribution in [0.4, 0.5) is 0 Å². The van der Waals surface area contributed by atoms with E-state index in [1.54, 1.807) is 0 Å². The maximum absolute atomic E-state index is 5.84. The Bertz CT molecular complexity index is 167. The third-order valence-electron chi connectivity index (χ3n) is 2.40. The van der Waals surface area contributed by atoms with Gasteiger partial charge in [-0.05, 0) is 32.1 Å². The number of rotatable bonds is 5. The Hall–Kier alpha value is -0.0100. The molecule has 2 heteroatoms. The predicted octanol–water partition coefficient (Wildman–Crippen LogP) is 2.56. The molecule has 0 unspecified atom stereocenters. The summed E-state index contributed by atoms with van der Waals surface area (Å²) in [6, 6.07) is 0. The molecule has 0 heterocycles. The van der Waals surface area contributed by atoms with Crippen LogP contribution in [0.25, 0.3) is 0 Å². The number of hydrogen-bond acceptors (Lipinski definition) is 1. The van der Waals surface area contributed by atoms with E-state index in [2.05, 4.69) is 25.2 Å². The van der Waals surface area contributed by atoms with Crippen molar-refractivity contribution in [1.29, 1.82) is 0 Å². The van der Waals surface area contributed by atoms with Crippen molar-refractivity contribution in [2.45, 2.75) is 26.7 Å². The lowest BCUT2D eigenvalue weighted by molar-refractivity contribution is 0.524. The van der Waals surface area contributed by atoms with Gasteiger partial charge in [0.1, 0.15) is 0 Å². The van der Waals surface area contributed by atoms with Crippen molar-refractivity contribution in [2.24, 2.45) is 5.41 Å². The van der Waals surface area contributed by atoms with Crippen molar-refractivity contribution in [3.8, 4) is 0 Å². The van der Waals surface area contributed by atoms with Crippen LogP contribution in [0.5, 0.6) is 0 Å². The zero-order valence-electron chi connectivity index (χ0n) is 7.99. The van der Waals surface area contributed by atoms with Gasteiger partial charge in [-0.2, -0.15) is 0 Å². The average Bonchev–Trinajstić information content (AvgIpc) is 2.79. The normalized spacial score (nSPS) is 18.9. The Morgan fingerprint density at radius 1 is 1.50 bits per heavy atom. The van der Waals surface area contributed by atoms with Crippen molar-refractivity contribution in [3.63, 3.8) is 0 Å². The number of allylic oxidation sites excluding steroid dienone is 1. The molecule has 0 bridgehead atoms. The minimum atomic E-state index is 0.455. The Balaban J connectivity index is 2.07. The molecule has 1 fully saturated rings. The topological polar surface area (TPSA) is 12.0 Å². The Morgan fingerprint density at radius 3 is 2.58 bits per heavy atom. The number of nitrogens with one attached hydrogen (secondary N) is 1. The molecule has 0 aromatic carbocycles. The average molecular weight is 188 g/mol. The van der Waals surface area contributed by atoms with Crippen LogP contribution in [-0.2, 0) is 0 Å². The van der Waals surface area contributed by atoms with Crippen molar-refractivity contribution in [2.75, 3.05) is 19.0 Å². The van der Waals surface area contributed by atoms with Gasteiger partial charge in [-0.3, -0.25) is 0 Å². The van der Waals surface area contributed by atoms with E-state index in [0.717, 1.165) is 19.0 Å². The van der Waals surface area contributed by atoms with E-state index in [0.29, 0.717) is 5.41 Å². The van der Waals surface area contributed by atoms with E-state index in [-0.39, 0.29) is 0 Å². The molecule has 1 rings (SSSR count). The molecule has 0 aliphatic heterocycles. The molecule has 70 valence electrons. The first-order valence-corrected chi connectivity index (χ1v) is 5.12. The highest BCUT2D eigenvalue weighted by Gasteiger charge is 2.40. The van der Waals surface area contributed by atoms with Gasteiger partial charge in [-0.25, -0.2) is 0 Å². The van der Waals surface area contributed by atoms with Gasteiger partial charge in [-0.1, -0.05) is 11.6 Å². The highest BCUT2D eigenvalue weighted by Crippen LogP contribution is 2.45. The second kappa shape index (κ2) is 4.29. The van der Waals surface area contributed by atoms with Gasteiger partial charge in [-0.15, -0.1) is 11.6 Å². The molecule has 12 heavy (non-hydrogen) atoms. The summed E-state index contributed by atoms with van der Waals surface area (Å²) in [6.07, 6.45) is 4.82. The summed E-state index contributed by atoms with van der Waals surface area (Å²) in [7, 11) is 0. The van der Waals surface area contributed by atoms with Crippen LogP contribution >= 0.6 is 11.6 Å². The van der Waals surface area contributed by atoms with Crippen LogP contribution < -0.4 is 5.32 Å². The van der Waals surface area contributed by atoms with Gasteiger partial charge < -0.3 is 5.32 Å². The van der Waals surface area contributed by atoms with Crippen LogP contribution in [0, 0.1) is 5.41 Å². The molecule has 0 saturated heterocycles. The van der Waals surface area contributed by atoms with Gasteiger partial charge in [0.2, 0.25) is 0 Å². The summed E-state index contributed by atoms with van der Waals surface area (Å²) in [5.74, 6) is 0.814. The molecular formula is C10H18ClN. The SMILES string of the molecule is CC(C)=CCNCC1(CCl)CC1. The first-order chi connectivity index (χ1) is 5.68. The number of hydrogen-bond donors (Lipinski definition) is 1. The van der Waals surface area contributed by atoms with Gasteiger partial charge in [0.15, 0.2) is 0 Å². The van der Waals surface area contributed by atoms with E-state index in [1.165, 1.54) is 18.4 Å². The molecule has 1 N–H and O–H groups in total. The second-order valence-corrected chi connectivity index (χ2v) is 4.31. The maximum atomic E-state index is 5.84. The zero-order chi connectivity index (χ0) is 9.03. The minimum absolute atomic E-state index is 0.455. The van der Waals surface area contributed by atoms with Crippen LogP contribution in [0.15, 0.2) is 11.6 Å². The third-order valence-corrected chi connectivity index (χ3v) is 2.96. The summed E-state index contributed by atoms with van der Waals surface area (Å²) in [4.78, 5) is 0. The lowest BCUT2D eigenvalue weighted by Crippen LogP contribution is -2.25. The minimum Gasteiger partial charge on any atom is -0.313 e. The Kier molecular flexibility index (Phi) is 3.60. The Labute approximate surface area is 80.2 Å². The molecule has 0 amide bonds. The summed E-state index contributed by atoms with van der Waals surface area (Å²) in [6.45, 7) is 6.31. The quantitative estimate of drug-likeness (QED) is 0.396. The number of halogens is 1. The molecule has 1 aliphatic rings. The largest absolute Gasteiger partial charge is 0.313 e. The summed E-state index contributed by atoms with van der Waals surface area (Å²) < 4.78 is 0.